The molecule has 0 aromatic heterocycles. The van der Waals surface area contributed by atoms with Crippen molar-refractivity contribution < 1.29 is 14.3 Å². The number of likely N-dealkylation sites (tertiary alicyclic amines) is 1. The normalized spacial score (nSPS) is 27.4. The molecule has 5 heteroatoms. The van der Waals surface area contributed by atoms with E-state index in [4.69, 9.17) is 9.47 Å². The average Bonchev–Trinajstić information content (AvgIpc) is 3.06. The Balaban J connectivity index is 1.83. The minimum atomic E-state index is 0.102. The molecule has 0 bridgehead atoms. The van der Waals surface area contributed by atoms with Crippen LogP contribution in [0, 0.1) is 5.92 Å². The fourth-order valence-corrected chi connectivity index (χ4v) is 2.98. The van der Waals surface area contributed by atoms with Crippen LogP contribution in [-0.4, -0.2) is 75.4 Å². The third-order valence-electron chi connectivity index (χ3n) is 4.14. The van der Waals surface area contributed by atoms with Gasteiger partial charge in [0.2, 0.25) is 5.91 Å². The summed E-state index contributed by atoms with van der Waals surface area (Å²) in [6, 6.07) is 0.370. The average molecular weight is 270 g/mol. The highest BCUT2D eigenvalue weighted by Gasteiger charge is 2.34. The molecule has 2 rings (SSSR count). The molecular formula is C14H26N2O3. The standard InChI is InChI=1S/C14H26N2O3/c1-15(7-9-18-2)10-13-4-3-6-16(13)14(17)12-5-8-19-11-12/h12-13H,3-11H2,1-2H3/t12-,13-/m0/s1. The van der Waals surface area contributed by atoms with Crippen LogP contribution in [0.25, 0.3) is 0 Å². The van der Waals surface area contributed by atoms with Crippen LogP contribution < -0.4 is 0 Å². The van der Waals surface area contributed by atoms with Crippen LogP contribution in [0.1, 0.15) is 19.3 Å². The van der Waals surface area contributed by atoms with Crippen LogP contribution in [0.3, 0.4) is 0 Å². The molecule has 0 unspecified atom stereocenters. The molecule has 2 aliphatic rings. The van der Waals surface area contributed by atoms with Gasteiger partial charge in [-0.2, -0.15) is 0 Å². The SMILES string of the molecule is COCCN(C)C[C@@H]1CCCN1C(=O)[C@H]1CCOC1. The number of carbonyl (C=O) groups is 1. The highest BCUT2D eigenvalue weighted by atomic mass is 16.5. The number of rotatable bonds is 6. The Labute approximate surface area is 115 Å². The van der Waals surface area contributed by atoms with Gasteiger partial charge in [0.1, 0.15) is 0 Å². The number of methoxy groups -OCH3 is 1. The smallest absolute Gasteiger partial charge is 0.228 e. The van der Waals surface area contributed by atoms with Crippen LogP contribution in [0.4, 0.5) is 0 Å². The molecule has 1 amide bonds. The molecule has 2 heterocycles. The van der Waals surface area contributed by atoms with Gasteiger partial charge in [-0.05, 0) is 26.3 Å². The maximum atomic E-state index is 12.5. The third kappa shape index (κ3) is 3.91. The zero-order valence-electron chi connectivity index (χ0n) is 12.1. The van der Waals surface area contributed by atoms with Gasteiger partial charge in [-0.3, -0.25) is 4.79 Å². The lowest BCUT2D eigenvalue weighted by Gasteiger charge is -2.30. The first kappa shape index (κ1) is 14.8. The van der Waals surface area contributed by atoms with Crippen molar-refractivity contribution >= 4 is 5.91 Å². The number of likely N-dealkylation sites (N-methyl/N-ethyl adjacent to an activating group) is 1. The molecule has 0 aromatic rings. The van der Waals surface area contributed by atoms with Gasteiger partial charge in [0.05, 0.1) is 19.1 Å². The lowest BCUT2D eigenvalue weighted by molar-refractivity contribution is -0.136. The van der Waals surface area contributed by atoms with Gasteiger partial charge in [0.25, 0.3) is 0 Å². The molecule has 19 heavy (non-hydrogen) atoms. The molecular weight excluding hydrogens is 244 g/mol. The summed E-state index contributed by atoms with van der Waals surface area (Å²) < 4.78 is 10.4. The molecule has 0 saturated carbocycles. The molecule has 2 atom stereocenters. The second-order valence-electron chi connectivity index (χ2n) is 5.64. The van der Waals surface area contributed by atoms with Crippen LogP contribution in [0.5, 0.6) is 0 Å². The van der Waals surface area contributed by atoms with Crippen LogP contribution in [-0.2, 0) is 14.3 Å². The summed E-state index contributed by atoms with van der Waals surface area (Å²) in [6.45, 7) is 4.88. The fourth-order valence-electron chi connectivity index (χ4n) is 2.98. The van der Waals surface area contributed by atoms with Gasteiger partial charge in [-0.1, -0.05) is 0 Å². The highest BCUT2D eigenvalue weighted by Crippen LogP contribution is 2.23. The van der Waals surface area contributed by atoms with E-state index in [2.05, 4.69) is 16.8 Å². The zero-order chi connectivity index (χ0) is 13.7. The molecule has 0 spiro atoms. The predicted octanol–water partition coefficient (Wildman–Crippen LogP) is 0.592. The zero-order valence-corrected chi connectivity index (χ0v) is 12.1. The molecule has 0 aromatic carbocycles. The van der Waals surface area contributed by atoms with Crippen molar-refractivity contribution in [2.24, 2.45) is 5.92 Å². The molecule has 2 aliphatic heterocycles. The maximum absolute atomic E-state index is 12.5. The molecule has 5 nitrogen and oxygen atoms in total. The van der Waals surface area contributed by atoms with Crippen molar-refractivity contribution in [1.82, 2.24) is 9.80 Å². The van der Waals surface area contributed by atoms with E-state index in [1.54, 1.807) is 7.11 Å². The van der Waals surface area contributed by atoms with Crippen molar-refractivity contribution in [3.05, 3.63) is 0 Å². The number of amides is 1. The first-order valence-corrected chi connectivity index (χ1v) is 7.28. The topological polar surface area (TPSA) is 42.0 Å². The largest absolute Gasteiger partial charge is 0.383 e. The van der Waals surface area contributed by atoms with Gasteiger partial charge < -0.3 is 19.3 Å². The summed E-state index contributed by atoms with van der Waals surface area (Å²) in [5, 5.41) is 0. The van der Waals surface area contributed by atoms with Gasteiger partial charge in [-0.25, -0.2) is 0 Å². The fraction of sp³-hybridized carbons (Fsp3) is 0.929. The van der Waals surface area contributed by atoms with E-state index >= 15 is 0 Å². The second-order valence-corrected chi connectivity index (χ2v) is 5.64. The number of carbonyl (C=O) groups excluding carboxylic acids is 1. The van der Waals surface area contributed by atoms with Gasteiger partial charge in [-0.15, -0.1) is 0 Å². The van der Waals surface area contributed by atoms with Gasteiger partial charge in [0, 0.05) is 39.4 Å². The monoisotopic (exact) mass is 270 g/mol. The molecule has 2 fully saturated rings. The minimum absolute atomic E-state index is 0.102. The molecule has 0 N–H and O–H groups in total. The summed E-state index contributed by atoms with van der Waals surface area (Å²) in [5.74, 6) is 0.407. The quantitative estimate of drug-likeness (QED) is 0.708. The Morgan fingerprint density at radius 1 is 1.47 bits per heavy atom. The molecule has 110 valence electrons. The number of hydrogen-bond acceptors (Lipinski definition) is 4. The number of hydrogen-bond donors (Lipinski definition) is 0. The van der Waals surface area contributed by atoms with Crippen LogP contribution in [0.15, 0.2) is 0 Å². The summed E-state index contributed by atoms with van der Waals surface area (Å²) in [6.07, 6.45) is 3.14. The Morgan fingerprint density at radius 3 is 3.00 bits per heavy atom. The van der Waals surface area contributed by atoms with Crippen molar-refractivity contribution in [2.45, 2.75) is 25.3 Å². The number of nitrogens with zero attached hydrogens (tertiary/aromatic N) is 2. The van der Waals surface area contributed by atoms with E-state index in [0.717, 1.165) is 52.1 Å². The Morgan fingerprint density at radius 2 is 2.32 bits per heavy atom. The lowest BCUT2D eigenvalue weighted by atomic mass is 10.1. The summed E-state index contributed by atoms with van der Waals surface area (Å²) in [5.41, 5.74) is 0. The van der Waals surface area contributed by atoms with Crippen molar-refractivity contribution in [3.8, 4) is 0 Å². The number of ether oxygens (including phenoxy) is 2. The molecule has 0 radical (unpaired) electrons. The van der Waals surface area contributed by atoms with Gasteiger partial charge in [0.15, 0.2) is 0 Å². The van der Waals surface area contributed by atoms with Crippen molar-refractivity contribution in [3.63, 3.8) is 0 Å². The second kappa shape index (κ2) is 7.22. The van der Waals surface area contributed by atoms with E-state index < -0.39 is 0 Å². The summed E-state index contributed by atoms with van der Waals surface area (Å²) in [7, 11) is 3.82. The first-order chi connectivity index (χ1) is 9.22. The third-order valence-corrected chi connectivity index (χ3v) is 4.14. The summed E-state index contributed by atoms with van der Waals surface area (Å²) in [4.78, 5) is 16.8. The summed E-state index contributed by atoms with van der Waals surface area (Å²) >= 11 is 0. The van der Waals surface area contributed by atoms with Crippen molar-refractivity contribution in [1.29, 1.82) is 0 Å². The molecule has 0 aliphatic carbocycles. The van der Waals surface area contributed by atoms with Crippen molar-refractivity contribution in [2.75, 3.05) is 53.6 Å². The van der Waals surface area contributed by atoms with E-state index in [-0.39, 0.29) is 5.92 Å². The Bertz CT molecular complexity index is 292. The van der Waals surface area contributed by atoms with E-state index in [9.17, 15) is 4.79 Å². The Kier molecular flexibility index (Phi) is 5.60. The Hall–Kier alpha value is -0.650. The minimum Gasteiger partial charge on any atom is -0.383 e. The predicted molar refractivity (Wildman–Crippen MR) is 73.0 cm³/mol. The maximum Gasteiger partial charge on any atom is 0.228 e. The first-order valence-electron chi connectivity index (χ1n) is 7.28. The van der Waals surface area contributed by atoms with E-state index in [1.807, 2.05) is 0 Å². The van der Waals surface area contributed by atoms with E-state index in [1.165, 1.54) is 0 Å². The highest BCUT2D eigenvalue weighted by molar-refractivity contribution is 5.79. The van der Waals surface area contributed by atoms with Crippen LogP contribution >= 0.6 is 0 Å². The molecule has 2 saturated heterocycles. The van der Waals surface area contributed by atoms with Gasteiger partial charge >= 0.3 is 0 Å². The van der Waals surface area contributed by atoms with E-state index in [0.29, 0.717) is 18.6 Å². The lowest BCUT2D eigenvalue weighted by Crippen LogP contribution is -2.45. The van der Waals surface area contributed by atoms with Crippen LogP contribution in [0.2, 0.25) is 0 Å².